The molecule has 9 fully saturated rings. The van der Waals surface area contributed by atoms with Gasteiger partial charge in [0.1, 0.15) is 171 Å². The molecule has 0 radical (unpaired) electrons. The Kier molecular flexibility index (Phi) is 41.6. The van der Waals surface area contributed by atoms with Crippen molar-refractivity contribution in [1.29, 1.82) is 0 Å². The van der Waals surface area contributed by atoms with Gasteiger partial charge in [-0.05, 0) is 27.7 Å². The van der Waals surface area contributed by atoms with Crippen molar-refractivity contribution >= 4 is 29.8 Å². The fourth-order valence-electron chi connectivity index (χ4n) is 17.2. The van der Waals surface area contributed by atoms with Crippen LogP contribution in [-0.4, -0.2) is 539 Å². The number of carbonyl (C=O) groups is 5. The fraction of sp³-hybridized carbons (Fsp3) is 0.936. The Balaban J connectivity index is 0.000000337. The molecule has 0 bridgehead atoms. The van der Waals surface area contributed by atoms with Crippen molar-refractivity contribution in [2.45, 2.75) is 374 Å². The number of aliphatic hydroxyl groups is 28. The van der Waals surface area contributed by atoms with Gasteiger partial charge in [-0.25, -0.2) is 19.2 Å². The van der Waals surface area contributed by atoms with Gasteiger partial charge in [0, 0.05) is 56.3 Å². The van der Waals surface area contributed by atoms with Crippen molar-refractivity contribution in [2.75, 3.05) is 59.5 Å². The first-order chi connectivity index (χ1) is 62.7. The first-order valence-electron chi connectivity index (χ1n) is 43.3. The van der Waals surface area contributed by atoms with Gasteiger partial charge in [0.15, 0.2) is 31.5 Å². The molecule has 780 valence electrons. The van der Waals surface area contributed by atoms with Crippen molar-refractivity contribution in [3.63, 3.8) is 0 Å². The summed E-state index contributed by atoms with van der Waals surface area (Å²) in [7, 11) is 0. The van der Waals surface area contributed by atoms with E-state index in [4.69, 9.17) is 85.3 Å². The first-order valence-corrected chi connectivity index (χ1v) is 43.3. The highest BCUT2D eigenvalue weighted by Crippen LogP contribution is 2.47. The summed E-state index contributed by atoms with van der Waals surface area (Å²) in [5, 5.41) is 345. The van der Waals surface area contributed by atoms with Crippen LogP contribution in [0.5, 0.6) is 0 Å². The van der Waals surface area contributed by atoms with E-state index in [0.29, 0.717) is 0 Å². The SMILES string of the molecule is CC(=O)NC1C(OC2C(CO)OC(OC3C(CO)OC(OC(C)C)C(O)C3O)C(O)C2OC2(C(=O)O)CC(O)C(C)C([C@H](O)C(CO)OC3(C(=O)O)CC(O)C(C)C([C@H](O)[C@H](O)CO)O3)O2)OC(CO)C(O)C1O.CC(C)OC1OC(CO)C(OC2OC(CO)C(O)C(OC3(C(=O)O)CC(O)C(C)C([C@H](O)C(CO)OC4(C(=O)O)CC(O)C(C)C([C@H](O)[C@H](O)CO)O4)O3)C2O)C(O)C1O. The van der Waals surface area contributed by atoms with E-state index in [9.17, 15) is 187 Å². The summed E-state index contributed by atoms with van der Waals surface area (Å²) < 4.78 is 103. The predicted molar refractivity (Wildman–Crippen MR) is 421 cm³/mol. The highest BCUT2D eigenvalue weighted by Gasteiger charge is 2.66. The van der Waals surface area contributed by atoms with Crippen LogP contribution in [0.15, 0.2) is 0 Å². The predicted octanol–water partition coefficient (Wildman–Crippen LogP) is -16.7. The number of ether oxygens (including phenoxy) is 18. The Morgan fingerprint density at radius 1 is 0.336 bits per heavy atom. The largest absolute Gasteiger partial charge is 0.477 e. The van der Waals surface area contributed by atoms with Gasteiger partial charge in [0.25, 0.3) is 23.1 Å². The van der Waals surface area contributed by atoms with Gasteiger partial charge >= 0.3 is 23.9 Å². The molecular weight excluding hydrogens is 1830 g/mol. The van der Waals surface area contributed by atoms with Gasteiger partial charge in [-0.15, -0.1) is 0 Å². The van der Waals surface area contributed by atoms with Crippen LogP contribution < -0.4 is 5.32 Å². The summed E-state index contributed by atoms with van der Waals surface area (Å²) in [6, 6.07) is -1.74. The normalized spacial score (nSPS) is 44.8. The van der Waals surface area contributed by atoms with E-state index in [1.807, 2.05) is 0 Å². The van der Waals surface area contributed by atoms with E-state index >= 15 is 0 Å². The van der Waals surface area contributed by atoms with Gasteiger partial charge in [-0.3, -0.25) is 4.79 Å². The van der Waals surface area contributed by atoms with E-state index in [1.165, 1.54) is 27.7 Å². The Morgan fingerprint density at radius 3 is 0.955 bits per heavy atom. The maximum Gasteiger partial charge on any atom is 0.364 e. The minimum absolute atomic E-state index is 0.499. The number of aliphatic hydroxyl groups excluding tert-OH is 28. The summed E-state index contributed by atoms with van der Waals surface area (Å²) in [5.74, 6) is -26.2. The number of aliphatic carboxylic acids is 4. The zero-order chi connectivity index (χ0) is 101. The van der Waals surface area contributed by atoms with Crippen LogP contribution in [-0.2, 0) is 109 Å². The molecule has 1 amide bonds. The van der Waals surface area contributed by atoms with Crippen molar-refractivity contribution in [3.05, 3.63) is 0 Å². The van der Waals surface area contributed by atoms with Crippen LogP contribution >= 0.6 is 0 Å². The molecule has 9 rings (SSSR count). The first kappa shape index (κ1) is 115. The number of nitrogens with one attached hydrogen (secondary N) is 1. The highest BCUT2D eigenvalue weighted by molar-refractivity contribution is 5.78. The van der Waals surface area contributed by atoms with Crippen molar-refractivity contribution in [1.82, 2.24) is 5.32 Å². The van der Waals surface area contributed by atoms with Gasteiger partial charge in [0.2, 0.25) is 5.91 Å². The number of amides is 1. The van der Waals surface area contributed by atoms with Crippen molar-refractivity contribution < 1.29 is 273 Å². The molecule has 134 heavy (non-hydrogen) atoms. The van der Waals surface area contributed by atoms with Crippen LogP contribution in [0.3, 0.4) is 0 Å². The van der Waals surface area contributed by atoms with E-state index < -0.39 is 425 Å². The lowest BCUT2D eigenvalue weighted by molar-refractivity contribution is -0.404. The van der Waals surface area contributed by atoms with Crippen molar-refractivity contribution in [3.8, 4) is 0 Å². The Morgan fingerprint density at radius 2 is 0.627 bits per heavy atom. The molecule has 9 aliphatic rings. The molecule has 33 N–H and O–H groups in total. The van der Waals surface area contributed by atoms with Gasteiger partial charge in [-0.1, -0.05) is 27.7 Å². The minimum Gasteiger partial charge on any atom is -0.477 e. The maximum absolute atomic E-state index is 13.6. The fourth-order valence-corrected chi connectivity index (χ4v) is 17.2. The van der Waals surface area contributed by atoms with Crippen LogP contribution in [0.2, 0.25) is 0 Å². The molecule has 0 saturated carbocycles. The van der Waals surface area contributed by atoms with Crippen LogP contribution in [0, 0.1) is 23.7 Å². The quantitative estimate of drug-likeness (QED) is 0.0271. The summed E-state index contributed by atoms with van der Waals surface area (Å²) in [4.78, 5) is 64.6. The van der Waals surface area contributed by atoms with E-state index in [0.717, 1.165) is 6.92 Å². The lowest BCUT2D eigenvalue weighted by Gasteiger charge is -2.52. The van der Waals surface area contributed by atoms with Crippen molar-refractivity contribution in [2.24, 2.45) is 23.7 Å². The molecule has 9 aliphatic heterocycles. The monoisotopic (exact) mass is 1960 g/mol. The second-order valence-corrected chi connectivity index (χ2v) is 35.3. The number of hydrogen-bond acceptors (Lipinski definition) is 51. The second-order valence-electron chi connectivity index (χ2n) is 35.3. The third-order valence-electron chi connectivity index (χ3n) is 25.2. The summed E-state index contributed by atoms with van der Waals surface area (Å²) in [5.41, 5.74) is 0. The summed E-state index contributed by atoms with van der Waals surface area (Å²) in [6.45, 7) is 3.00. The Hall–Kier alpha value is -4.49. The van der Waals surface area contributed by atoms with Crippen LogP contribution in [0.25, 0.3) is 0 Å². The molecule has 9 saturated heterocycles. The molecule has 0 spiro atoms. The van der Waals surface area contributed by atoms with Gasteiger partial charge < -0.3 is 254 Å². The van der Waals surface area contributed by atoms with Crippen LogP contribution in [0.4, 0.5) is 0 Å². The smallest absolute Gasteiger partial charge is 0.364 e. The number of carboxylic acid groups (broad SMARTS) is 4. The number of carboxylic acids is 4. The lowest BCUT2D eigenvalue weighted by Crippen LogP contribution is -2.70. The van der Waals surface area contributed by atoms with E-state index in [-0.39, 0.29) is 0 Å². The molecule has 9 heterocycles. The lowest BCUT2D eigenvalue weighted by atomic mass is 9.83. The van der Waals surface area contributed by atoms with Gasteiger partial charge in [-0.2, -0.15) is 0 Å². The average Bonchev–Trinajstić information content (AvgIpc) is 0.750. The van der Waals surface area contributed by atoms with Gasteiger partial charge in [0.05, 0.1) is 121 Å². The maximum atomic E-state index is 13.6. The zero-order valence-corrected chi connectivity index (χ0v) is 74.0. The molecule has 0 aromatic heterocycles. The summed E-state index contributed by atoms with van der Waals surface area (Å²) >= 11 is 0. The zero-order valence-electron chi connectivity index (χ0n) is 74.0. The molecule has 56 heteroatoms. The summed E-state index contributed by atoms with van der Waals surface area (Å²) in [6.07, 6.45) is -82.0. The highest BCUT2D eigenvalue weighted by atomic mass is 16.8. The molecule has 0 aliphatic carbocycles. The Bertz CT molecular complexity index is 3660. The average molecular weight is 1960 g/mol. The van der Waals surface area contributed by atoms with Crippen LogP contribution in [0.1, 0.15) is 88.0 Å². The molecule has 0 aromatic carbocycles. The molecule has 49 atom stereocenters. The van der Waals surface area contributed by atoms with E-state index in [2.05, 4.69) is 5.32 Å². The second kappa shape index (κ2) is 48.5. The molecule has 0 aromatic rings. The molecular formula is C78H133NO55. The number of hydrogen-bond donors (Lipinski definition) is 33. The molecule has 56 nitrogen and oxygen atoms in total. The Labute approximate surface area is 763 Å². The number of rotatable bonds is 40. The van der Waals surface area contributed by atoms with E-state index in [1.54, 1.807) is 27.7 Å². The standard InChI is InChI=1S/C43H73NO30.C35H60O25/c1-13(2)65-38-30(59)29(58)34(22(11-48)67-38)69-39-31(60)36(35(23(12-49)68-39)70-37-24(44-16(5)50)28(57)26(55)20(9-46)66-37)74-43(41(63)64)7-18(52)15(4)33(73-43)27(56)21(10-47)71-42(40(61)62)6-17(51)14(3)32(72-42)25(54)19(53)8-45;1-11(2)53-30-24(47)23(46)28(19(10-39)55-30)56-31-25(48)29(21(44)17(8-37)54-31)60-35(33(51)52)6-15(41)13(4)27(59-35)22(45)18(9-38)57-34(32(49)50)5-14(40)12(3)26(58-34)20(43)16(42)7-36/h13-15,17-39,45-49,51-60H,6-12H2,1-5H3,(H,44,50)(H,61,62)(H,63,64);11-31,36-48H,5-10H2,1-4H3,(H,49,50)(H,51,52)/t14?,15?,17?,18?,19-,20?,21?,22?,23?,24?,25-,26?,27-,28?,29?,30?,31?,32?,33?,34?,35?,36?,37?,38?,39?,42?,43?;12?,13?,14?,15?,16-,17?,18?,19?,20-,21?,22-,23?,24?,25?,26?,27?,28?,29?,30?,31?,34?,35?/m11/s1. The third kappa shape index (κ3) is 25.0. The topological polar surface area (TPSA) is 911 Å². The molecule has 43 unspecified atom stereocenters. The third-order valence-corrected chi connectivity index (χ3v) is 25.2. The minimum atomic E-state index is -3.31. The number of carbonyl (C=O) groups excluding carboxylic acids is 1.